The molecule has 0 rings (SSSR count). The number of hydrogen-bond donors (Lipinski definition) is 1. The number of hydrogen-bond acceptors (Lipinski definition) is 1. The smallest absolute Gasteiger partial charge is 0.151 e. The van der Waals surface area contributed by atoms with Crippen molar-refractivity contribution in [1.82, 2.24) is 5.32 Å². The summed E-state index contributed by atoms with van der Waals surface area (Å²) in [6.07, 6.45) is 3.86. The van der Waals surface area contributed by atoms with Crippen LogP contribution in [0.3, 0.4) is 0 Å². The molecule has 2 nitrogen and oxygen atoms in total. The molecule has 12 heavy (non-hydrogen) atoms. The molecule has 0 aromatic carbocycles. The molecule has 2 unspecified atom stereocenters. The fourth-order valence-corrected chi connectivity index (χ4v) is 1.21. The van der Waals surface area contributed by atoms with E-state index in [-0.39, 0.29) is 0 Å². The Bertz CT molecular complexity index is 112. The van der Waals surface area contributed by atoms with Crippen molar-refractivity contribution < 1.29 is 5.11 Å². The third-order valence-corrected chi connectivity index (χ3v) is 2.17. The van der Waals surface area contributed by atoms with Crippen LogP contribution in [-0.4, -0.2) is 11.8 Å². The molecule has 0 fully saturated rings. The predicted octanol–water partition coefficient (Wildman–Crippen LogP) is 2.71. The van der Waals surface area contributed by atoms with E-state index in [9.17, 15) is 5.11 Å². The van der Waals surface area contributed by atoms with Gasteiger partial charge < -0.3 is 0 Å². The Kier molecular flexibility index (Phi) is 5.51. The fraction of sp³-hybridized carbons (Fsp3) is 1.00. The Labute approximate surface area is 76.4 Å². The first kappa shape index (κ1) is 11.9. The maximum Gasteiger partial charge on any atom is 0.151 e. The zero-order valence-corrected chi connectivity index (χ0v) is 8.81. The van der Waals surface area contributed by atoms with Gasteiger partial charge in [-0.25, -0.2) is 5.11 Å². The molecule has 0 amide bonds. The van der Waals surface area contributed by atoms with Crippen LogP contribution in [0.25, 0.3) is 0 Å². The molecule has 1 N–H and O–H groups in total. The van der Waals surface area contributed by atoms with E-state index in [1.54, 1.807) is 6.92 Å². The van der Waals surface area contributed by atoms with Crippen molar-refractivity contribution >= 4 is 0 Å². The minimum absolute atomic E-state index is 0.337. The Balaban J connectivity index is 3.69. The highest BCUT2D eigenvalue weighted by atomic mass is 16.3. The van der Waals surface area contributed by atoms with E-state index in [1.165, 1.54) is 0 Å². The lowest BCUT2D eigenvalue weighted by Crippen LogP contribution is -2.45. The van der Waals surface area contributed by atoms with Crippen molar-refractivity contribution in [3.8, 4) is 0 Å². The van der Waals surface area contributed by atoms with Crippen LogP contribution in [0.2, 0.25) is 0 Å². The van der Waals surface area contributed by atoms with Gasteiger partial charge in [-0.05, 0) is 33.1 Å². The van der Waals surface area contributed by atoms with Crippen molar-refractivity contribution in [3.63, 3.8) is 0 Å². The Morgan fingerprint density at radius 3 is 2.42 bits per heavy atom. The molecule has 0 aliphatic heterocycles. The molecule has 1 radical (unpaired) electrons. The highest BCUT2D eigenvalue weighted by Gasteiger charge is 2.22. The lowest BCUT2D eigenvalue weighted by Gasteiger charge is -2.25. The van der Waals surface area contributed by atoms with E-state index >= 15 is 0 Å². The normalized spacial score (nSPS) is 18.8. The van der Waals surface area contributed by atoms with Crippen LogP contribution in [0.1, 0.15) is 53.4 Å². The summed E-state index contributed by atoms with van der Waals surface area (Å²) >= 11 is 0. The maximum atomic E-state index is 11.7. The molecule has 0 spiro atoms. The van der Waals surface area contributed by atoms with Gasteiger partial charge >= 0.3 is 0 Å². The molecule has 0 bridgehead atoms. The first-order chi connectivity index (χ1) is 5.52. The molecule has 0 heterocycles. The monoisotopic (exact) mass is 172 g/mol. The average molecular weight is 172 g/mol. The van der Waals surface area contributed by atoms with E-state index in [1.807, 2.05) is 0 Å². The van der Waals surface area contributed by atoms with Crippen molar-refractivity contribution in [1.29, 1.82) is 0 Å². The summed E-state index contributed by atoms with van der Waals surface area (Å²) in [6.45, 7) is 8.00. The summed E-state index contributed by atoms with van der Waals surface area (Å²) in [6, 6.07) is 0.337. The second kappa shape index (κ2) is 5.55. The highest BCUT2D eigenvalue weighted by Crippen LogP contribution is 2.12. The average Bonchev–Trinajstić information content (AvgIpc) is 2.00. The van der Waals surface area contributed by atoms with Crippen LogP contribution in [-0.2, 0) is 5.11 Å². The van der Waals surface area contributed by atoms with Crippen molar-refractivity contribution in [2.75, 3.05) is 0 Å². The lowest BCUT2D eigenvalue weighted by molar-refractivity contribution is -0.0586. The van der Waals surface area contributed by atoms with E-state index in [0.29, 0.717) is 6.04 Å². The zero-order valence-electron chi connectivity index (χ0n) is 8.81. The Morgan fingerprint density at radius 2 is 2.00 bits per heavy atom. The van der Waals surface area contributed by atoms with Crippen LogP contribution in [0.15, 0.2) is 0 Å². The lowest BCUT2D eigenvalue weighted by atomic mass is 10.1. The van der Waals surface area contributed by atoms with Gasteiger partial charge in [0.05, 0.1) is 0 Å². The fourth-order valence-electron chi connectivity index (χ4n) is 1.21. The standard InChI is InChI=1S/C10H22NO/c1-5-7-8-10(4,12)11-9(3)6-2/h9,11H,5-8H2,1-4H3. The molecule has 0 saturated carbocycles. The minimum atomic E-state index is -0.925. The van der Waals surface area contributed by atoms with Crippen molar-refractivity contribution in [2.24, 2.45) is 0 Å². The summed E-state index contributed by atoms with van der Waals surface area (Å²) in [4.78, 5) is 0. The van der Waals surface area contributed by atoms with E-state index in [0.717, 1.165) is 25.7 Å². The zero-order chi connectivity index (χ0) is 9.61. The van der Waals surface area contributed by atoms with E-state index in [2.05, 4.69) is 26.1 Å². The summed E-state index contributed by atoms with van der Waals surface area (Å²) in [7, 11) is 0. The summed E-state index contributed by atoms with van der Waals surface area (Å²) in [5.41, 5.74) is -0.925. The molecule has 2 heteroatoms. The number of rotatable bonds is 6. The quantitative estimate of drug-likeness (QED) is 0.614. The van der Waals surface area contributed by atoms with Gasteiger partial charge in [-0.15, -0.1) is 0 Å². The molecular formula is C10H22NO. The molecule has 0 aromatic heterocycles. The molecule has 0 aromatic rings. The second-order valence-electron chi connectivity index (χ2n) is 3.79. The SMILES string of the molecule is CCCCC(C)([O])NC(C)CC. The predicted molar refractivity (Wildman–Crippen MR) is 51.5 cm³/mol. The van der Waals surface area contributed by atoms with Crippen LogP contribution in [0.4, 0.5) is 0 Å². The van der Waals surface area contributed by atoms with Crippen molar-refractivity contribution in [2.45, 2.75) is 65.1 Å². The van der Waals surface area contributed by atoms with E-state index in [4.69, 9.17) is 0 Å². The third-order valence-electron chi connectivity index (χ3n) is 2.17. The number of unbranched alkanes of at least 4 members (excludes halogenated alkanes) is 1. The molecule has 2 atom stereocenters. The van der Waals surface area contributed by atoms with Gasteiger partial charge in [0, 0.05) is 6.04 Å². The number of nitrogens with one attached hydrogen (secondary N) is 1. The van der Waals surface area contributed by atoms with E-state index < -0.39 is 5.72 Å². The van der Waals surface area contributed by atoms with Gasteiger partial charge in [-0.3, -0.25) is 5.32 Å². The van der Waals surface area contributed by atoms with Crippen LogP contribution in [0.5, 0.6) is 0 Å². The van der Waals surface area contributed by atoms with Gasteiger partial charge in [0.15, 0.2) is 5.72 Å². The first-order valence-electron chi connectivity index (χ1n) is 5.00. The summed E-state index contributed by atoms with van der Waals surface area (Å²) in [5, 5.41) is 14.8. The Morgan fingerprint density at radius 1 is 1.42 bits per heavy atom. The highest BCUT2D eigenvalue weighted by molar-refractivity contribution is 4.72. The summed E-state index contributed by atoms with van der Waals surface area (Å²) < 4.78 is 0. The van der Waals surface area contributed by atoms with Gasteiger partial charge in [-0.1, -0.05) is 20.3 Å². The van der Waals surface area contributed by atoms with Crippen LogP contribution in [0, 0.1) is 0 Å². The second-order valence-corrected chi connectivity index (χ2v) is 3.79. The molecule has 0 aliphatic rings. The third kappa shape index (κ3) is 5.56. The molecule has 0 aliphatic carbocycles. The van der Waals surface area contributed by atoms with Gasteiger partial charge in [0.2, 0.25) is 0 Å². The minimum Gasteiger partial charge on any atom is -0.285 e. The van der Waals surface area contributed by atoms with Gasteiger partial charge in [-0.2, -0.15) is 0 Å². The summed E-state index contributed by atoms with van der Waals surface area (Å²) in [5.74, 6) is 0. The Hall–Kier alpha value is -0.0800. The van der Waals surface area contributed by atoms with Gasteiger partial charge in [0.1, 0.15) is 0 Å². The molecule has 0 saturated heterocycles. The van der Waals surface area contributed by atoms with Crippen LogP contribution < -0.4 is 5.32 Å². The largest absolute Gasteiger partial charge is 0.285 e. The topological polar surface area (TPSA) is 31.9 Å². The van der Waals surface area contributed by atoms with Crippen LogP contribution >= 0.6 is 0 Å². The molecule has 73 valence electrons. The maximum absolute atomic E-state index is 11.7. The molecular weight excluding hydrogens is 150 g/mol. The first-order valence-corrected chi connectivity index (χ1v) is 5.00. The van der Waals surface area contributed by atoms with Gasteiger partial charge in [0.25, 0.3) is 0 Å². The van der Waals surface area contributed by atoms with Crippen molar-refractivity contribution in [3.05, 3.63) is 0 Å².